The van der Waals surface area contributed by atoms with E-state index in [1.54, 1.807) is 0 Å². The Hall–Kier alpha value is -2.17. The number of carbonyl (C=O) groups is 1. The van der Waals surface area contributed by atoms with Gasteiger partial charge in [-0.25, -0.2) is 0 Å². The Morgan fingerprint density at radius 3 is 2.03 bits per heavy atom. The molecule has 0 unspecified atom stereocenters. The number of benzene rings is 2. The summed E-state index contributed by atoms with van der Waals surface area (Å²) in [6.45, 7) is 11.7. The molecule has 3 nitrogen and oxygen atoms in total. The summed E-state index contributed by atoms with van der Waals surface area (Å²) < 4.78 is 12.3. The molecule has 32 heavy (non-hydrogen) atoms. The van der Waals surface area contributed by atoms with Crippen LogP contribution in [0.25, 0.3) is 0 Å². The Bertz CT molecular complexity index is 877. The number of hydrogen-bond donors (Lipinski definition) is 0. The predicted molar refractivity (Wildman–Crippen MR) is 135 cm³/mol. The Labute approximate surface area is 195 Å². The van der Waals surface area contributed by atoms with E-state index in [0.29, 0.717) is 6.61 Å². The molecular formula is C28H38O3Si. The first-order valence-electron chi connectivity index (χ1n) is 11.6. The zero-order valence-electron chi connectivity index (χ0n) is 20.4. The lowest BCUT2D eigenvalue weighted by Crippen LogP contribution is -2.67. The van der Waals surface area contributed by atoms with E-state index in [2.05, 4.69) is 101 Å². The van der Waals surface area contributed by atoms with Crippen LogP contribution in [0.5, 0.6) is 0 Å². The van der Waals surface area contributed by atoms with Crippen molar-refractivity contribution >= 4 is 24.7 Å². The van der Waals surface area contributed by atoms with Gasteiger partial charge in [-0.05, 0) is 39.6 Å². The highest BCUT2D eigenvalue weighted by Gasteiger charge is 2.52. The maximum atomic E-state index is 12.5. The SMILES string of the molecule is COC(=O)[C@H](C)[C@]1(C)CC=CC[C@H]1CO[Si](c1ccccc1)(c1ccccc1)C(C)(C)C. The highest BCUT2D eigenvalue weighted by Crippen LogP contribution is 2.46. The van der Waals surface area contributed by atoms with Crippen molar-refractivity contribution in [1.82, 2.24) is 0 Å². The van der Waals surface area contributed by atoms with Crippen molar-refractivity contribution in [2.75, 3.05) is 13.7 Å². The second-order valence-electron chi connectivity index (χ2n) is 10.3. The van der Waals surface area contributed by atoms with E-state index < -0.39 is 8.32 Å². The number of hydrogen-bond acceptors (Lipinski definition) is 3. The number of allylic oxidation sites excluding steroid dienone is 2. The molecule has 0 aliphatic heterocycles. The van der Waals surface area contributed by atoms with Gasteiger partial charge in [-0.1, -0.05) is 107 Å². The Morgan fingerprint density at radius 1 is 1.03 bits per heavy atom. The van der Waals surface area contributed by atoms with Crippen molar-refractivity contribution in [1.29, 1.82) is 0 Å². The average Bonchev–Trinajstić information content (AvgIpc) is 2.80. The van der Waals surface area contributed by atoms with Gasteiger partial charge in [-0.3, -0.25) is 4.79 Å². The first-order chi connectivity index (χ1) is 15.2. The summed E-state index contributed by atoms with van der Waals surface area (Å²) >= 11 is 0. The summed E-state index contributed by atoms with van der Waals surface area (Å²) in [7, 11) is -1.13. The van der Waals surface area contributed by atoms with Gasteiger partial charge in [-0.2, -0.15) is 0 Å². The van der Waals surface area contributed by atoms with Crippen molar-refractivity contribution < 1.29 is 14.0 Å². The van der Waals surface area contributed by atoms with E-state index in [0.717, 1.165) is 12.8 Å². The average molecular weight is 451 g/mol. The van der Waals surface area contributed by atoms with Crippen LogP contribution < -0.4 is 10.4 Å². The molecule has 0 N–H and O–H groups in total. The van der Waals surface area contributed by atoms with E-state index in [1.165, 1.54) is 17.5 Å². The molecule has 0 bridgehead atoms. The number of rotatable bonds is 7. The summed E-state index contributed by atoms with van der Waals surface area (Å²) in [5.74, 6) is -0.0910. The number of esters is 1. The molecule has 0 saturated heterocycles. The summed E-state index contributed by atoms with van der Waals surface area (Å²) in [4.78, 5) is 12.5. The van der Waals surface area contributed by atoms with Gasteiger partial charge < -0.3 is 9.16 Å². The molecule has 0 saturated carbocycles. The van der Waals surface area contributed by atoms with Crippen molar-refractivity contribution in [2.24, 2.45) is 17.3 Å². The molecular weight excluding hydrogens is 412 g/mol. The lowest BCUT2D eigenvalue weighted by molar-refractivity contribution is -0.151. The molecule has 3 atom stereocenters. The fourth-order valence-electron chi connectivity index (χ4n) is 5.26. The summed E-state index contributed by atoms with van der Waals surface area (Å²) in [6.07, 6.45) is 6.22. The maximum Gasteiger partial charge on any atom is 0.308 e. The van der Waals surface area contributed by atoms with E-state index in [-0.39, 0.29) is 28.3 Å². The third-order valence-electron chi connectivity index (χ3n) is 7.54. The van der Waals surface area contributed by atoms with Gasteiger partial charge >= 0.3 is 5.97 Å². The van der Waals surface area contributed by atoms with Crippen LogP contribution >= 0.6 is 0 Å². The minimum atomic E-state index is -2.61. The fourth-order valence-corrected chi connectivity index (χ4v) is 9.86. The van der Waals surface area contributed by atoms with Crippen LogP contribution in [-0.2, 0) is 14.0 Å². The predicted octanol–water partition coefficient (Wildman–Crippen LogP) is 5.34. The second kappa shape index (κ2) is 9.76. The minimum absolute atomic E-state index is 0.0649. The molecule has 0 amide bonds. The molecule has 1 aliphatic carbocycles. The lowest BCUT2D eigenvalue weighted by Gasteiger charge is -2.47. The van der Waals surface area contributed by atoms with Crippen LogP contribution in [0.2, 0.25) is 5.04 Å². The van der Waals surface area contributed by atoms with Crippen LogP contribution in [0.4, 0.5) is 0 Å². The molecule has 172 valence electrons. The van der Waals surface area contributed by atoms with Crippen molar-refractivity contribution in [3.05, 3.63) is 72.8 Å². The van der Waals surface area contributed by atoms with Gasteiger partial charge in [0, 0.05) is 6.61 Å². The zero-order valence-corrected chi connectivity index (χ0v) is 21.4. The number of ether oxygens (including phenoxy) is 1. The molecule has 0 heterocycles. The van der Waals surface area contributed by atoms with Crippen LogP contribution in [-0.4, -0.2) is 28.0 Å². The van der Waals surface area contributed by atoms with Crippen LogP contribution in [0.15, 0.2) is 72.8 Å². The van der Waals surface area contributed by atoms with Gasteiger partial charge in [0.25, 0.3) is 8.32 Å². The van der Waals surface area contributed by atoms with Crippen LogP contribution in [0.1, 0.15) is 47.5 Å². The molecule has 0 aromatic heterocycles. The smallest absolute Gasteiger partial charge is 0.308 e. The fraction of sp³-hybridized carbons (Fsp3) is 0.464. The largest absolute Gasteiger partial charge is 0.469 e. The van der Waals surface area contributed by atoms with E-state index in [4.69, 9.17) is 9.16 Å². The van der Waals surface area contributed by atoms with Gasteiger partial charge in [0.15, 0.2) is 0 Å². The molecule has 2 aromatic rings. The van der Waals surface area contributed by atoms with Gasteiger partial charge in [0.2, 0.25) is 0 Å². The third-order valence-corrected chi connectivity index (χ3v) is 12.5. The summed E-state index contributed by atoms with van der Waals surface area (Å²) in [5, 5.41) is 2.51. The molecule has 4 heteroatoms. The third kappa shape index (κ3) is 4.48. The van der Waals surface area contributed by atoms with Crippen molar-refractivity contribution in [3.63, 3.8) is 0 Å². The Kier molecular flexibility index (Phi) is 7.46. The van der Waals surface area contributed by atoms with E-state index >= 15 is 0 Å². The molecule has 0 radical (unpaired) electrons. The second-order valence-corrected chi connectivity index (χ2v) is 14.6. The summed E-state index contributed by atoms with van der Waals surface area (Å²) in [5.41, 5.74) is -0.201. The lowest BCUT2D eigenvalue weighted by atomic mass is 9.63. The van der Waals surface area contributed by atoms with Gasteiger partial charge in [0.1, 0.15) is 0 Å². The molecule has 0 spiro atoms. The number of methoxy groups -OCH3 is 1. The summed E-state index contributed by atoms with van der Waals surface area (Å²) in [6, 6.07) is 21.5. The minimum Gasteiger partial charge on any atom is -0.469 e. The first kappa shape index (κ1) is 24.5. The van der Waals surface area contributed by atoms with E-state index in [9.17, 15) is 4.79 Å². The first-order valence-corrected chi connectivity index (χ1v) is 13.6. The zero-order chi connectivity index (χ0) is 23.4. The Morgan fingerprint density at radius 2 is 1.56 bits per heavy atom. The quantitative estimate of drug-likeness (QED) is 0.324. The highest BCUT2D eigenvalue weighted by molar-refractivity contribution is 6.99. The van der Waals surface area contributed by atoms with Crippen molar-refractivity contribution in [3.8, 4) is 0 Å². The van der Waals surface area contributed by atoms with Gasteiger partial charge in [-0.15, -0.1) is 0 Å². The molecule has 3 rings (SSSR count). The topological polar surface area (TPSA) is 35.5 Å². The Balaban J connectivity index is 2.04. The number of carbonyl (C=O) groups excluding carboxylic acids is 1. The van der Waals surface area contributed by atoms with E-state index in [1.807, 2.05) is 6.92 Å². The van der Waals surface area contributed by atoms with Crippen LogP contribution in [0.3, 0.4) is 0 Å². The molecule has 1 aliphatic rings. The van der Waals surface area contributed by atoms with Crippen molar-refractivity contribution in [2.45, 2.75) is 52.5 Å². The molecule has 0 fully saturated rings. The standard InChI is InChI=1S/C28H38O3Si/c1-22(26(29)30-6)28(5)20-14-13-15-23(28)21-31-32(27(2,3)4,24-16-9-7-10-17-24)25-18-11-8-12-19-25/h7-14,16-19,22-23H,15,20-21H2,1-6H3/t22-,23-,28-/m0/s1. The van der Waals surface area contributed by atoms with Crippen LogP contribution in [0, 0.1) is 17.3 Å². The molecule has 2 aromatic carbocycles. The van der Waals surface area contributed by atoms with Gasteiger partial charge in [0.05, 0.1) is 13.0 Å². The monoisotopic (exact) mass is 450 g/mol. The maximum absolute atomic E-state index is 12.5. The highest BCUT2D eigenvalue weighted by atomic mass is 28.4. The normalized spacial score (nSPS) is 22.4.